The number of aromatic nitrogens is 2. The molecule has 0 atom stereocenters. The van der Waals surface area contributed by atoms with Crippen molar-refractivity contribution in [1.29, 1.82) is 0 Å². The van der Waals surface area contributed by atoms with Crippen molar-refractivity contribution in [3.05, 3.63) is 56.1 Å². The second-order valence-corrected chi connectivity index (χ2v) is 14.3. The summed E-state index contributed by atoms with van der Waals surface area (Å²) in [5.41, 5.74) is -2.51. The van der Waals surface area contributed by atoms with Gasteiger partial charge in [-0.25, -0.2) is 22.2 Å². The van der Waals surface area contributed by atoms with Gasteiger partial charge in [-0.15, -0.1) is 5.54 Å². The van der Waals surface area contributed by atoms with Crippen molar-refractivity contribution in [2.75, 3.05) is 6.26 Å². The lowest BCUT2D eigenvalue weighted by molar-refractivity contribution is -0.144. The minimum atomic E-state index is -4.99. The van der Waals surface area contributed by atoms with Gasteiger partial charge < -0.3 is 0 Å². The summed E-state index contributed by atoms with van der Waals surface area (Å²) in [4.78, 5) is 24.2. The lowest BCUT2D eigenvalue weighted by Crippen LogP contribution is -2.41. The zero-order valence-electron chi connectivity index (χ0n) is 16.7. The normalized spacial score (nSPS) is 12.4. The van der Waals surface area contributed by atoms with Gasteiger partial charge in [-0.3, -0.25) is 9.36 Å². The quantitative estimate of drug-likeness (QED) is 0.297. The highest BCUT2D eigenvalue weighted by Crippen LogP contribution is 2.27. The number of hydrogen-bond donors (Lipinski definition) is 0. The van der Waals surface area contributed by atoms with Crippen LogP contribution in [0.4, 0.5) is 17.6 Å². The van der Waals surface area contributed by atoms with Crippen LogP contribution in [0.1, 0.15) is 11.3 Å². The Morgan fingerprint density at radius 2 is 1.63 bits per heavy atom. The lowest BCUT2D eigenvalue weighted by Gasteiger charge is -2.15. The second-order valence-electron chi connectivity index (χ2n) is 7.61. The van der Waals surface area contributed by atoms with Crippen molar-refractivity contribution < 1.29 is 26.0 Å². The highest BCUT2D eigenvalue weighted by Gasteiger charge is 2.35. The highest BCUT2D eigenvalue weighted by atomic mass is 32.2. The summed E-state index contributed by atoms with van der Waals surface area (Å²) in [6.07, 6.45) is -4.16. The van der Waals surface area contributed by atoms with E-state index in [0.717, 1.165) is 25.4 Å². The molecule has 0 bridgehead atoms. The molecule has 0 aliphatic carbocycles. The maximum absolute atomic E-state index is 14.8. The molecule has 0 aliphatic rings. The third-order valence-electron chi connectivity index (χ3n) is 3.87. The Kier molecular flexibility index (Phi) is 5.95. The van der Waals surface area contributed by atoms with Crippen LogP contribution in [-0.2, 0) is 23.1 Å². The van der Waals surface area contributed by atoms with E-state index < -0.39 is 57.4 Å². The smallest absolute Gasteiger partial charge is 0.292 e. The largest absolute Gasteiger partial charge is 0.431 e. The van der Waals surface area contributed by atoms with E-state index in [1.165, 1.54) is 0 Å². The number of nitrogens with zero attached hydrogens (tertiary/aromatic N) is 2. The van der Waals surface area contributed by atoms with Crippen LogP contribution >= 0.6 is 0 Å². The first kappa shape index (κ1) is 23.6. The lowest BCUT2D eigenvalue weighted by atomic mass is 10.2. The van der Waals surface area contributed by atoms with E-state index in [1.807, 2.05) is 19.6 Å². The van der Waals surface area contributed by atoms with Gasteiger partial charge in [0.2, 0.25) is 0 Å². The molecule has 162 valence electrons. The molecule has 0 radical (unpaired) electrons. The molecule has 12 heteroatoms. The molecule has 1 aromatic carbocycles. The minimum absolute atomic E-state index is 0.139. The van der Waals surface area contributed by atoms with Gasteiger partial charge in [-0.1, -0.05) is 25.6 Å². The van der Waals surface area contributed by atoms with Crippen molar-refractivity contribution in [1.82, 2.24) is 9.13 Å². The van der Waals surface area contributed by atoms with Crippen LogP contribution in [-0.4, -0.2) is 31.9 Å². The SMILES string of the molecule is Cn1c(C(F)(F)F)cc(=O)n(-c2cc(S(C)(=O)=O)c(C#C[Si](C)(C)C)cc2F)c1=O. The molecule has 1 aromatic heterocycles. The van der Waals surface area contributed by atoms with Crippen molar-refractivity contribution in [3.63, 3.8) is 0 Å². The van der Waals surface area contributed by atoms with E-state index in [4.69, 9.17) is 0 Å². The van der Waals surface area contributed by atoms with E-state index in [0.29, 0.717) is 0 Å². The summed E-state index contributed by atoms with van der Waals surface area (Å²) in [6.45, 7) is 5.66. The maximum Gasteiger partial charge on any atom is 0.431 e. The van der Waals surface area contributed by atoms with Crippen molar-refractivity contribution in [2.45, 2.75) is 30.7 Å². The van der Waals surface area contributed by atoms with Crippen molar-refractivity contribution >= 4 is 17.9 Å². The summed E-state index contributed by atoms with van der Waals surface area (Å²) in [7, 11) is -5.17. The van der Waals surface area contributed by atoms with Gasteiger partial charge in [-0.2, -0.15) is 13.2 Å². The van der Waals surface area contributed by atoms with E-state index >= 15 is 0 Å². The Morgan fingerprint density at radius 3 is 2.10 bits per heavy atom. The second kappa shape index (κ2) is 7.55. The third-order valence-corrected chi connectivity index (χ3v) is 5.88. The van der Waals surface area contributed by atoms with Gasteiger partial charge in [0.25, 0.3) is 5.56 Å². The molecular weight excluding hydrogens is 444 g/mol. The molecule has 0 fully saturated rings. The van der Waals surface area contributed by atoms with E-state index in [2.05, 4.69) is 11.5 Å². The number of benzene rings is 1. The summed E-state index contributed by atoms with van der Waals surface area (Å²) in [6, 6.07) is 1.62. The summed E-state index contributed by atoms with van der Waals surface area (Å²) >= 11 is 0. The van der Waals surface area contributed by atoms with Crippen LogP contribution in [0, 0.1) is 17.3 Å². The van der Waals surface area contributed by atoms with Crippen LogP contribution in [0.25, 0.3) is 5.69 Å². The molecule has 0 N–H and O–H groups in total. The molecule has 0 saturated heterocycles. The number of sulfone groups is 1. The molecule has 0 amide bonds. The zero-order valence-corrected chi connectivity index (χ0v) is 18.5. The average Bonchev–Trinajstić information content (AvgIpc) is 2.55. The summed E-state index contributed by atoms with van der Waals surface area (Å²) in [5.74, 6) is 1.44. The van der Waals surface area contributed by atoms with Crippen LogP contribution < -0.4 is 11.2 Å². The van der Waals surface area contributed by atoms with E-state index in [-0.39, 0.29) is 20.8 Å². The Labute approximate surface area is 170 Å². The monoisotopic (exact) mass is 462 g/mol. The number of hydrogen-bond acceptors (Lipinski definition) is 4. The molecule has 0 unspecified atom stereocenters. The van der Waals surface area contributed by atoms with Crippen LogP contribution in [0.15, 0.2) is 32.7 Å². The van der Waals surface area contributed by atoms with E-state index in [9.17, 15) is 35.6 Å². The molecule has 2 aromatic rings. The molecule has 0 saturated carbocycles. The summed E-state index contributed by atoms with van der Waals surface area (Å²) in [5, 5.41) is 0. The van der Waals surface area contributed by atoms with Crippen LogP contribution in [0.5, 0.6) is 0 Å². The molecule has 6 nitrogen and oxygen atoms in total. The molecule has 0 aliphatic heterocycles. The first-order valence-electron chi connectivity index (χ1n) is 8.41. The van der Waals surface area contributed by atoms with E-state index in [1.54, 1.807) is 0 Å². The number of rotatable bonds is 2. The maximum atomic E-state index is 14.8. The number of alkyl halides is 3. The van der Waals surface area contributed by atoms with Gasteiger partial charge in [0.05, 0.1) is 10.6 Å². The van der Waals surface area contributed by atoms with Crippen LogP contribution in [0.2, 0.25) is 19.6 Å². The molecule has 1 heterocycles. The first-order valence-corrected chi connectivity index (χ1v) is 13.8. The Morgan fingerprint density at radius 1 is 1.07 bits per heavy atom. The minimum Gasteiger partial charge on any atom is -0.292 e. The van der Waals surface area contributed by atoms with Gasteiger partial charge in [0.15, 0.2) is 9.84 Å². The van der Waals surface area contributed by atoms with Crippen molar-refractivity contribution in [2.24, 2.45) is 7.05 Å². The average molecular weight is 462 g/mol. The highest BCUT2D eigenvalue weighted by molar-refractivity contribution is 7.90. The van der Waals surface area contributed by atoms with Gasteiger partial charge in [-0.05, 0) is 12.1 Å². The van der Waals surface area contributed by atoms with Gasteiger partial charge >= 0.3 is 11.9 Å². The fourth-order valence-electron chi connectivity index (χ4n) is 2.49. The van der Waals surface area contributed by atoms with Gasteiger partial charge in [0.1, 0.15) is 19.6 Å². The predicted molar refractivity (Wildman–Crippen MR) is 106 cm³/mol. The molecule has 30 heavy (non-hydrogen) atoms. The Hall–Kier alpha value is -2.65. The van der Waals surface area contributed by atoms with Gasteiger partial charge in [0, 0.05) is 24.9 Å². The molecule has 2 rings (SSSR count). The third kappa shape index (κ3) is 4.90. The molecular formula is C18H18F4N2O4SSi. The van der Waals surface area contributed by atoms with Crippen LogP contribution in [0.3, 0.4) is 0 Å². The van der Waals surface area contributed by atoms with Crippen molar-refractivity contribution in [3.8, 4) is 17.2 Å². The topological polar surface area (TPSA) is 78.1 Å². The predicted octanol–water partition coefficient (Wildman–Crippen LogP) is 2.33. The Balaban J connectivity index is 2.92. The fraction of sp³-hybridized carbons (Fsp3) is 0.333. The Bertz CT molecular complexity index is 1310. The first-order chi connectivity index (χ1) is 13.4. The fourth-order valence-corrected chi connectivity index (χ4v) is 3.84. The zero-order chi connectivity index (χ0) is 23.2. The standard InChI is InChI=1S/C18H18F4N2O4SSi/c1-23-15(18(20,21)22)10-16(25)24(17(23)26)13-9-14(29(2,27)28)11(8-12(13)19)6-7-30(3,4)5/h8-10H,1-5H3. The molecule has 0 spiro atoms. The summed E-state index contributed by atoms with van der Waals surface area (Å²) < 4.78 is 78.5. The number of halogens is 4.